The molecule has 0 unspecified atom stereocenters. The van der Waals surface area contributed by atoms with Crippen LogP contribution < -0.4 is 5.32 Å². The summed E-state index contributed by atoms with van der Waals surface area (Å²) in [6.07, 6.45) is 3.10. The Hall–Kier alpha value is -3.49. The molecular formula is C18H14N6O3S2. The number of amides is 1. The number of nitrogens with one attached hydrogen (secondary N) is 1. The molecule has 0 radical (unpaired) electrons. The predicted octanol–water partition coefficient (Wildman–Crippen LogP) is 3.89. The van der Waals surface area contributed by atoms with Crippen molar-refractivity contribution in [3.05, 3.63) is 64.0 Å². The van der Waals surface area contributed by atoms with Crippen LogP contribution in [-0.2, 0) is 4.79 Å². The van der Waals surface area contributed by atoms with E-state index in [2.05, 4.69) is 14.7 Å². The van der Waals surface area contributed by atoms with Crippen LogP contribution in [0.25, 0.3) is 11.8 Å². The lowest BCUT2D eigenvalue weighted by molar-refractivity contribution is -0.384. The van der Waals surface area contributed by atoms with Crippen LogP contribution in [0.4, 0.5) is 10.8 Å². The monoisotopic (exact) mass is 426 g/mol. The number of benzene rings is 1. The van der Waals surface area contributed by atoms with E-state index < -0.39 is 10.8 Å². The summed E-state index contributed by atoms with van der Waals surface area (Å²) in [6.45, 7) is 1.97. The van der Waals surface area contributed by atoms with Gasteiger partial charge in [-0.2, -0.15) is 14.6 Å². The molecule has 0 saturated heterocycles. The molecule has 9 nitrogen and oxygen atoms in total. The van der Waals surface area contributed by atoms with Crippen molar-refractivity contribution in [2.45, 2.75) is 12.1 Å². The molecule has 1 N–H and O–H groups in total. The Morgan fingerprint density at radius 1 is 1.45 bits per heavy atom. The van der Waals surface area contributed by atoms with E-state index in [9.17, 15) is 20.2 Å². The molecular weight excluding hydrogens is 412 g/mol. The number of rotatable bonds is 7. The highest BCUT2D eigenvalue weighted by atomic mass is 32.2. The number of anilines is 1. The van der Waals surface area contributed by atoms with Gasteiger partial charge in [0.25, 0.3) is 11.6 Å². The van der Waals surface area contributed by atoms with E-state index in [-0.39, 0.29) is 11.3 Å². The second kappa shape index (κ2) is 9.13. The zero-order valence-corrected chi connectivity index (χ0v) is 16.7. The SMILES string of the molecule is CCSc1nsc(NC(=O)C(C#N)=Cc2cccn2-c2cccc([N+](=O)[O-])c2)n1. The number of nitriles is 1. The van der Waals surface area contributed by atoms with Crippen LogP contribution in [0, 0.1) is 21.4 Å². The van der Waals surface area contributed by atoms with Gasteiger partial charge in [0.15, 0.2) is 0 Å². The summed E-state index contributed by atoms with van der Waals surface area (Å²) in [7, 11) is 0. The molecule has 0 aliphatic rings. The molecule has 0 atom stereocenters. The standard InChI is InChI=1S/C18H14N6O3S2/c1-2-28-18-21-17(29-22-18)20-16(25)12(11-19)9-13-7-4-8-23(13)14-5-3-6-15(10-14)24(26)27/h3-10H,2H2,1H3,(H,20,21,22,25). The lowest BCUT2D eigenvalue weighted by Crippen LogP contribution is -2.13. The average Bonchev–Trinajstić information content (AvgIpc) is 3.35. The Kier molecular flexibility index (Phi) is 6.38. The summed E-state index contributed by atoms with van der Waals surface area (Å²) in [5.74, 6) is 0.200. The third kappa shape index (κ3) is 4.87. The number of aromatic nitrogens is 3. The van der Waals surface area contributed by atoms with Crippen molar-refractivity contribution in [3.8, 4) is 11.8 Å². The van der Waals surface area contributed by atoms with Gasteiger partial charge >= 0.3 is 0 Å². The fourth-order valence-corrected chi connectivity index (χ4v) is 3.68. The van der Waals surface area contributed by atoms with E-state index in [1.165, 1.54) is 30.0 Å². The first kappa shape index (κ1) is 20.2. The van der Waals surface area contributed by atoms with E-state index in [0.717, 1.165) is 17.3 Å². The van der Waals surface area contributed by atoms with Gasteiger partial charge in [-0.05, 0) is 30.0 Å². The number of nitrogens with zero attached hydrogens (tertiary/aromatic N) is 5. The lowest BCUT2D eigenvalue weighted by atomic mass is 10.2. The Morgan fingerprint density at radius 2 is 2.28 bits per heavy atom. The molecule has 3 rings (SSSR count). The van der Waals surface area contributed by atoms with Crippen LogP contribution >= 0.6 is 23.3 Å². The molecule has 0 aliphatic carbocycles. The molecule has 0 fully saturated rings. The fraction of sp³-hybridized carbons (Fsp3) is 0.111. The molecule has 2 aromatic heterocycles. The van der Waals surface area contributed by atoms with E-state index in [1.807, 2.05) is 13.0 Å². The fourth-order valence-electron chi connectivity index (χ4n) is 2.41. The number of nitro benzene ring substituents is 1. The van der Waals surface area contributed by atoms with Crippen LogP contribution in [0.15, 0.2) is 53.3 Å². The summed E-state index contributed by atoms with van der Waals surface area (Å²) >= 11 is 2.49. The highest BCUT2D eigenvalue weighted by Gasteiger charge is 2.15. The quantitative estimate of drug-likeness (QED) is 0.200. The van der Waals surface area contributed by atoms with E-state index >= 15 is 0 Å². The van der Waals surface area contributed by atoms with Gasteiger partial charge in [-0.1, -0.05) is 24.8 Å². The third-order valence-corrected chi connectivity index (χ3v) is 5.13. The summed E-state index contributed by atoms with van der Waals surface area (Å²) in [5.41, 5.74) is 0.881. The summed E-state index contributed by atoms with van der Waals surface area (Å²) in [4.78, 5) is 27.2. The maximum Gasteiger partial charge on any atom is 0.271 e. The second-order valence-electron chi connectivity index (χ2n) is 5.52. The molecule has 11 heteroatoms. The zero-order valence-electron chi connectivity index (χ0n) is 15.1. The van der Waals surface area contributed by atoms with Crippen molar-refractivity contribution < 1.29 is 9.72 Å². The number of carbonyl (C=O) groups is 1. The molecule has 1 aromatic carbocycles. The van der Waals surface area contributed by atoms with Gasteiger partial charge in [-0.3, -0.25) is 20.2 Å². The van der Waals surface area contributed by atoms with Gasteiger partial charge in [0.05, 0.1) is 10.6 Å². The topological polar surface area (TPSA) is 127 Å². The molecule has 0 bridgehead atoms. The Labute approximate surface area is 174 Å². The highest BCUT2D eigenvalue weighted by Crippen LogP contribution is 2.22. The van der Waals surface area contributed by atoms with Crippen LogP contribution in [-0.4, -0.2) is 30.5 Å². The number of thioether (sulfide) groups is 1. The average molecular weight is 426 g/mol. The van der Waals surface area contributed by atoms with Gasteiger partial charge in [0.2, 0.25) is 10.3 Å². The highest BCUT2D eigenvalue weighted by molar-refractivity contribution is 7.99. The van der Waals surface area contributed by atoms with Crippen LogP contribution in [0.3, 0.4) is 0 Å². The summed E-state index contributed by atoms with van der Waals surface area (Å²) in [5, 5.41) is 23.9. The van der Waals surface area contributed by atoms with Crippen molar-refractivity contribution in [3.63, 3.8) is 0 Å². The minimum Gasteiger partial charge on any atom is -0.317 e. The maximum atomic E-state index is 12.5. The Morgan fingerprint density at radius 3 is 3.00 bits per heavy atom. The molecule has 1 amide bonds. The minimum absolute atomic E-state index is 0.0543. The minimum atomic E-state index is -0.608. The van der Waals surface area contributed by atoms with Gasteiger partial charge in [0, 0.05) is 35.6 Å². The van der Waals surface area contributed by atoms with Crippen molar-refractivity contribution in [2.75, 3.05) is 11.1 Å². The first-order chi connectivity index (χ1) is 14.0. The maximum absolute atomic E-state index is 12.5. The van der Waals surface area contributed by atoms with Gasteiger partial charge < -0.3 is 4.57 Å². The van der Waals surface area contributed by atoms with Crippen LogP contribution in [0.1, 0.15) is 12.6 Å². The second-order valence-corrected chi connectivity index (χ2v) is 7.50. The van der Waals surface area contributed by atoms with Crippen LogP contribution in [0.2, 0.25) is 0 Å². The van der Waals surface area contributed by atoms with E-state index in [1.54, 1.807) is 35.0 Å². The first-order valence-electron chi connectivity index (χ1n) is 8.33. The van der Waals surface area contributed by atoms with Crippen molar-refractivity contribution in [1.29, 1.82) is 5.26 Å². The number of hydrogen-bond acceptors (Lipinski definition) is 8. The summed E-state index contributed by atoms with van der Waals surface area (Å²) < 4.78 is 5.76. The normalized spacial score (nSPS) is 11.1. The predicted molar refractivity (Wildman–Crippen MR) is 111 cm³/mol. The number of non-ortho nitro benzene ring substituents is 1. The molecule has 3 aromatic rings. The van der Waals surface area contributed by atoms with E-state index in [0.29, 0.717) is 21.7 Å². The van der Waals surface area contributed by atoms with Gasteiger partial charge in [-0.15, -0.1) is 0 Å². The van der Waals surface area contributed by atoms with Gasteiger partial charge in [-0.25, -0.2) is 0 Å². The third-order valence-electron chi connectivity index (χ3n) is 3.66. The molecule has 146 valence electrons. The Balaban J connectivity index is 1.85. The van der Waals surface area contributed by atoms with E-state index in [4.69, 9.17) is 0 Å². The number of hydrogen-bond donors (Lipinski definition) is 1. The molecule has 0 aliphatic heterocycles. The molecule has 0 spiro atoms. The molecule has 29 heavy (non-hydrogen) atoms. The summed E-state index contributed by atoms with van der Waals surface area (Å²) in [6, 6.07) is 11.4. The largest absolute Gasteiger partial charge is 0.317 e. The van der Waals surface area contributed by atoms with Gasteiger partial charge in [0.1, 0.15) is 11.6 Å². The van der Waals surface area contributed by atoms with Crippen molar-refractivity contribution in [1.82, 2.24) is 13.9 Å². The smallest absolute Gasteiger partial charge is 0.271 e. The Bertz CT molecular complexity index is 1130. The number of carbonyl (C=O) groups excluding carboxylic acids is 1. The first-order valence-corrected chi connectivity index (χ1v) is 10.1. The van der Waals surface area contributed by atoms with Crippen LogP contribution in [0.5, 0.6) is 0 Å². The lowest BCUT2D eigenvalue weighted by Gasteiger charge is -2.07. The van der Waals surface area contributed by atoms with Crippen molar-refractivity contribution >= 4 is 46.1 Å². The molecule has 0 saturated carbocycles. The number of nitro groups is 1. The zero-order chi connectivity index (χ0) is 20.8. The molecule has 2 heterocycles. The van der Waals surface area contributed by atoms with Crippen molar-refractivity contribution in [2.24, 2.45) is 0 Å².